The van der Waals surface area contributed by atoms with Gasteiger partial charge in [-0.1, -0.05) is 5.11 Å². The summed E-state index contributed by atoms with van der Waals surface area (Å²) in [4.78, 5) is 2.73. The first-order chi connectivity index (χ1) is 5.43. The normalized spacial score (nSPS) is 17.7. The van der Waals surface area contributed by atoms with Crippen LogP contribution < -0.4 is 5.32 Å². The molecule has 0 atom stereocenters. The van der Waals surface area contributed by atoms with Crippen LogP contribution in [0.15, 0.2) is 5.11 Å². The second kappa shape index (κ2) is 7.22. The van der Waals surface area contributed by atoms with Gasteiger partial charge in [0.1, 0.15) is 0 Å². The SMILES string of the molecule is Cl.[N-]=[N+]=NCCC1CCNCC1. The molecule has 1 saturated heterocycles. The van der Waals surface area contributed by atoms with Gasteiger partial charge in [0.15, 0.2) is 0 Å². The molecule has 0 aliphatic carbocycles. The van der Waals surface area contributed by atoms with Crippen LogP contribution in [-0.4, -0.2) is 19.6 Å². The number of hydrogen-bond acceptors (Lipinski definition) is 2. The lowest BCUT2D eigenvalue weighted by Crippen LogP contribution is -2.27. The van der Waals surface area contributed by atoms with E-state index in [0.29, 0.717) is 6.54 Å². The first kappa shape index (κ1) is 11.6. The third-order valence-electron chi connectivity index (χ3n) is 2.16. The predicted molar refractivity (Wildman–Crippen MR) is 51.5 cm³/mol. The lowest BCUT2D eigenvalue weighted by molar-refractivity contribution is 0.358. The number of hydrogen-bond donors (Lipinski definition) is 1. The molecule has 0 bridgehead atoms. The van der Waals surface area contributed by atoms with Crippen molar-refractivity contribution in [1.82, 2.24) is 5.32 Å². The fourth-order valence-corrected chi connectivity index (χ4v) is 1.46. The Kier molecular flexibility index (Phi) is 6.96. The smallest absolute Gasteiger partial charge is 0.0260 e. The van der Waals surface area contributed by atoms with E-state index in [0.717, 1.165) is 25.4 Å². The van der Waals surface area contributed by atoms with Crippen molar-refractivity contribution in [2.24, 2.45) is 11.0 Å². The van der Waals surface area contributed by atoms with Gasteiger partial charge >= 0.3 is 0 Å². The fourth-order valence-electron chi connectivity index (χ4n) is 1.46. The average molecular weight is 191 g/mol. The predicted octanol–water partition coefficient (Wildman–Crippen LogP) is 2.11. The minimum Gasteiger partial charge on any atom is -0.317 e. The maximum absolute atomic E-state index is 8.04. The molecule has 5 heteroatoms. The molecule has 0 radical (unpaired) electrons. The van der Waals surface area contributed by atoms with E-state index < -0.39 is 0 Å². The number of nitrogens with zero attached hydrogens (tertiary/aromatic N) is 3. The highest BCUT2D eigenvalue weighted by Gasteiger charge is 2.11. The number of piperidine rings is 1. The monoisotopic (exact) mass is 190 g/mol. The maximum atomic E-state index is 8.04. The number of halogens is 1. The van der Waals surface area contributed by atoms with Gasteiger partial charge in [-0.05, 0) is 43.8 Å². The van der Waals surface area contributed by atoms with Crippen molar-refractivity contribution in [3.63, 3.8) is 0 Å². The summed E-state index contributed by atoms with van der Waals surface area (Å²) in [5, 5.41) is 6.83. The van der Waals surface area contributed by atoms with Crippen LogP contribution in [0.25, 0.3) is 10.4 Å². The molecule has 0 aromatic heterocycles. The molecule has 1 heterocycles. The molecular weight excluding hydrogens is 176 g/mol. The first-order valence-electron chi connectivity index (χ1n) is 4.15. The van der Waals surface area contributed by atoms with E-state index in [9.17, 15) is 0 Å². The van der Waals surface area contributed by atoms with Crippen molar-refractivity contribution in [2.75, 3.05) is 19.6 Å². The van der Waals surface area contributed by atoms with Gasteiger partial charge in [0.2, 0.25) is 0 Å². The van der Waals surface area contributed by atoms with E-state index in [1.165, 1.54) is 12.8 Å². The van der Waals surface area contributed by atoms with Gasteiger partial charge in [0, 0.05) is 11.5 Å². The van der Waals surface area contributed by atoms with Gasteiger partial charge in [0.25, 0.3) is 0 Å². The van der Waals surface area contributed by atoms with Gasteiger partial charge in [-0.15, -0.1) is 12.4 Å². The second-order valence-corrected chi connectivity index (χ2v) is 2.94. The zero-order valence-electron chi connectivity index (χ0n) is 7.07. The maximum Gasteiger partial charge on any atom is 0.0260 e. The van der Waals surface area contributed by atoms with Crippen molar-refractivity contribution < 1.29 is 0 Å². The van der Waals surface area contributed by atoms with Crippen LogP contribution in [0.2, 0.25) is 0 Å². The van der Waals surface area contributed by atoms with Crippen molar-refractivity contribution >= 4 is 12.4 Å². The Morgan fingerprint density at radius 3 is 2.67 bits per heavy atom. The Morgan fingerprint density at radius 1 is 1.42 bits per heavy atom. The van der Waals surface area contributed by atoms with Crippen molar-refractivity contribution in [3.05, 3.63) is 10.4 Å². The van der Waals surface area contributed by atoms with Gasteiger partial charge < -0.3 is 5.32 Å². The summed E-state index contributed by atoms with van der Waals surface area (Å²) in [7, 11) is 0. The number of nitrogens with one attached hydrogen (secondary N) is 1. The van der Waals surface area contributed by atoms with Gasteiger partial charge in [-0.3, -0.25) is 0 Å². The standard InChI is InChI=1S/C7H14N4.ClH/c8-11-10-6-3-7-1-4-9-5-2-7;/h7,9H,1-6H2;1H. The van der Waals surface area contributed by atoms with E-state index >= 15 is 0 Å². The molecule has 70 valence electrons. The fraction of sp³-hybridized carbons (Fsp3) is 1.00. The second-order valence-electron chi connectivity index (χ2n) is 2.94. The molecule has 0 aromatic rings. The third-order valence-corrected chi connectivity index (χ3v) is 2.16. The number of rotatable bonds is 3. The quantitative estimate of drug-likeness (QED) is 0.414. The summed E-state index contributed by atoms with van der Waals surface area (Å²) >= 11 is 0. The summed E-state index contributed by atoms with van der Waals surface area (Å²) < 4.78 is 0. The minimum atomic E-state index is 0. The molecule has 4 nitrogen and oxygen atoms in total. The van der Waals surface area contributed by atoms with Gasteiger partial charge in [-0.25, -0.2) is 0 Å². The molecule has 1 aliphatic heterocycles. The minimum absolute atomic E-state index is 0. The van der Waals surface area contributed by atoms with E-state index in [2.05, 4.69) is 15.3 Å². The highest BCUT2D eigenvalue weighted by atomic mass is 35.5. The highest BCUT2D eigenvalue weighted by Crippen LogP contribution is 2.15. The highest BCUT2D eigenvalue weighted by molar-refractivity contribution is 5.85. The van der Waals surface area contributed by atoms with Crippen LogP contribution in [0.1, 0.15) is 19.3 Å². The van der Waals surface area contributed by atoms with Crippen LogP contribution in [0.4, 0.5) is 0 Å². The Hall–Kier alpha value is -0.440. The number of azide groups is 1. The van der Waals surface area contributed by atoms with Crippen LogP contribution in [0.3, 0.4) is 0 Å². The van der Waals surface area contributed by atoms with Crippen LogP contribution >= 0.6 is 12.4 Å². The Bertz CT molecular complexity index is 149. The van der Waals surface area contributed by atoms with E-state index in [1.54, 1.807) is 0 Å². The molecule has 1 aliphatic rings. The molecule has 1 fully saturated rings. The molecule has 0 amide bonds. The Balaban J connectivity index is 0.00000121. The first-order valence-corrected chi connectivity index (χ1v) is 4.15. The topological polar surface area (TPSA) is 60.8 Å². The third kappa shape index (κ3) is 4.44. The molecule has 1 rings (SSSR count). The van der Waals surface area contributed by atoms with Crippen molar-refractivity contribution in [1.29, 1.82) is 0 Å². The van der Waals surface area contributed by atoms with Crippen LogP contribution in [0.5, 0.6) is 0 Å². The van der Waals surface area contributed by atoms with E-state index in [1.807, 2.05) is 0 Å². The van der Waals surface area contributed by atoms with Crippen LogP contribution in [-0.2, 0) is 0 Å². The average Bonchev–Trinajstić information content (AvgIpc) is 2.07. The largest absolute Gasteiger partial charge is 0.317 e. The van der Waals surface area contributed by atoms with Crippen molar-refractivity contribution in [2.45, 2.75) is 19.3 Å². The molecular formula is C7H15ClN4. The van der Waals surface area contributed by atoms with E-state index in [4.69, 9.17) is 5.53 Å². The molecule has 12 heavy (non-hydrogen) atoms. The lowest BCUT2D eigenvalue weighted by atomic mass is 9.95. The van der Waals surface area contributed by atoms with Crippen LogP contribution in [0, 0.1) is 5.92 Å². The Labute approximate surface area is 78.8 Å². The van der Waals surface area contributed by atoms with Gasteiger partial charge in [0.05, 0.1) is 0 Å². The summed E-state index contributed by atoms with van der Waals surface area (Å²) in [5.74, 6) is 0.779. The van der Waals surface area contributed by atoms with E-state index in [-0.39, 0.29) is 12.4 Å². The zero-order valence-corrected chi connectivity index (χ0v) is 7.89. The molecule has 0 unspecified atom stereocenters. The van der Waals surface area contributed by atoms with Gasteiger partial charge in [-0.2, -0.15) is 0 Å². The summed E-state index contributed by atoms with van der Waals surface area (Å²) in [6.07, 6.45) is 3.54. The molecule has 0 aromatic carbocycles. The lowest BCUT2D eigenvalue weighted by Gasteiger charge is -2.21. The summed E-state index contributed by atoms with van der Waals surface area (Å²) in [5.41, 5.74) is 8.04. The Morgan fingerprint density at radius 2 is 2.08 bits per heavy atom. The molecule has 0 saturated carbocycles. The molecule has 1 N–H and O–H groups in total. The molecule has 0 spiro atoms. The zero-order chi connectivity index (χ0) is 7.94. The van der Waals surface area contributed by atoms with Crippen molar-refractivity contribution in [3.8, 4) is 0 Å². The summed E-state index contributed by atoms with van der Waals surface area (Å²) in [6, 6.07) is 0. The summed E-state index contributed by atoms with van der Waals surface area (Å²) in [6.45, 7) is 2.92.